The molecule has 1 amide bonds. The summed E-state index contributed by atoms with van der Waals surface area (Å²) in [7, 11) is 0. The molecule has 0 aliphatic rings. The van der Waals surface area contributed by atoms with E-state index < -0.39 is 11.9 Å². The molecular weight excluding hydrogens is 433 g/mol. The van der Waals surface area contributed by atoms with Gasteiger partial charge in [-0.3, -0.25) is 20.2 Å². The fourth-order valence-electron chi connectivity index (χ4n) is 2.99. The number of amides is 1. The van der Waals surface area contributed by atoms with E-state index in [0.717, 1.165) is 0 Å². The summed E-state index contributed by atoms with van der Waals surface area (Å²) in [5.41, 5.74) is 1.91. The molecule has 11 nitrogen and oxygen atoms in total. The van der Waals surface area contributed by atoms with Gasteiger partial charge in [0.05, 0.1) is 40.5 Å². The monoisotopic (exact) mass is 449 g/mol. The van der Waals surface area contributed by atoms with Crippen molar-refractivity contribution in [2.45, 2.75) is 19.9 Å². The molecule has 1 aromatic carbocycles. The van der Waals surface area contributed by atoms with Gasteiger partial charge in [-0.25, -0.2) is 14.2 Å². The lowest BCUT2D eigenvalue weighted by Crippen LogP contribution is -2.12. The zero-order valence-corrected chi connectivity index (χ0v) is 17.0. The van der Waals surface area contributed by atoms with E-state index in [9.17, 15) is 4.79 Å². The lowest BCUT2D eigenvalue weighted by atomic mass is 10.1. The molecule has 0 saturated carbocycles. The van der Waals surface area contributed by atoms with E-state index in [1.807, 2.05) is 13.8 Å². The second-order valence-electron chi connectivity index (χ2n) is 6.54. The number of carbonyl (C=O) groups is 2. The van der Waals surface area contributed by atoms with Gasteiger partial charge in [-0.1, -0.05) is 11.6 Å². The van der Waals surface area contributed by atoms with Gasteiger partial charge in [0.1, 0.15) is 0 Å². The number of fused-ring (bicyclic) bond motifs is 2. The first kappa shape index (κ1) is 21.8. The van der Waals surface area contributed by atoms with Gasteiger partial charge in [0.25, 0.3) is 6.47 Å². The zero-order chi connectivity index (χ0) is 22.7. The fourth-order valence-corrected chi connectivity index (χ4v) is 3.28. The van der Waals surface area contributed by atoms with Gasteiger partial charge >= 0.3 is 6.09 Å². The lowest BCUT2D eigenvalue weighted by Gasteiger charge is -2.15. The van der Waals surface area contributed by atoms with E-state index >= 15 is 4.39 Å². The quantitative estimate of drug-likeness (QED) is 0.295. The van der Waals surface area contributed by atoms with Crippen molar-refractivity contribution >= 4 is 52.2 Å². The highest BCUT2D eigenvalue weighted by Crippen LogP contribution is 2.40. The third-order valence-corrected chi connectivity index (χ3v) is 4.41. The molecule has 0 fully saturated rings. The van der Waals surface area contributed by atoms with Crippen LogP contribution in [-0.2, 0) is 4.79 Å². The number of aromatic amines is 1. The first-order valence-corrected chi connectivity index (χ1v) is 9.18. The summed E-state index contributed by atoms with van der Waals surface area (Å²) in [6.45, 7) is 3.53. The maximum Gasteiger partial charge on any atom is 0.410 e. The topological polar surface area (TPSA) is 158 Å². The summed E-state index contributed by atoms with van der Waals surface area (Å²) in [5, 5.41) is 28.3. The van der Waals surface area contributed by atoms with E-state index in [0.29, 0.717) is 27.8 Å². The van der Waals surface area contributed by atoms with E-state index in [1.54, 1.807) is 16.8 Å². The number of halogens is 2. The average Bonchev–Trinajstić information content (AvgIpc) is 3.31. The molecule has 31 heavy (non-hydrogen) atoms. The van der Waals surface area contributed by atoms with Crippen molar-refractivity contribution in [2.75, 3.05) is 10.6 Å². The SMILES string of the molecule is CC(C)Nc1c(F)c(Cl)c(-c2cn3cc(NC(=O)O)nc3cn2)c2cn[nH]c12.O=CO. The van der Waals surface area contributed by atoms with Crippen LogP contribution in [0.5, 0.6) is 0 Å². The molecule has 0 saturated heterocycles. The number of benzene rings is 1. The molecule has 13 heteroatoms. The molecule has 0 atom stereocenters. The van der Waals surface area contributed by atoms with Gasteiger partial charge in [-0.15, -0.1) is 0 Å². The predicted octanol–water partition coefficient (Wildman–Crippen LogP) is 3.68. The second kappa shape index (κ2) is 8.83. The van der Waals surface area contributed by atoms with Crippen LogP contribution in [0, 0.1) is 5.82 Å². The van der Waals surface area contributed by atoms with Gasteiger partial charge in [-0.05, 0) is 13.8 Å². The van der Waals surface area contributed by atoms with Crippen LogP contribution in [0.1, 0.15) is 13.8 Å². The minimum atomic E-state index is -1.23. The van der Waals surface area contributed by atoms with Gasteiger partial charge in [-0.2, -0.15) is 5.10 Å². The molecule has 4 rings (SSSR count). The first-order chi connectivity index (χ1) is 14.8. The second-order valence-corrected chi connectivity index (χ2v) is 6.91. The van der Waals surface area contributed by atoms with Gasteiger partial charge in [0.2, 0.25) is 0 Å². The zero-order valence-electron chi connectivity index (χ0n) is 16.2. The largest absolute Gasteiger partial charge is 0.483 e. The highest BCUT2D eigenvalue weighted by molar-refractivity contribution is 6.35. The van der Waals surface area contributed by atoms with Crippen LogP contribution in [0.25, 0.3) is 27.8 Å². The Balaban J connectivity index is 0.000000858. The molecule has 0 radical (unpaired) electrons. The lowest BCUT2D eigenvalue weighted by molar-refractivity contribution is -0.122. The number of aromatic nitrogens is 5. The van der Waals surface area contributed by atoms with Gasteiger partial charge in [0.15, 0.2) is 17.3 Å². The van der Waals surface area contributed by atoms with Crippen LogP contribution < -0.4 is 10.6 Å². The Morgan fingerprint density at radius 2 is 2.06 bits per heavy atom. The number of anilines is 2. The average molecular weight is 450 g/mol. The van der Waals surface area contributed by atoms with Crippen molar-refractivity contribution in [3.05, 3.63) is 35.6 Å². The summed E-state index contributed by atoms with van der Waals surface area (Å²) in [5.74, 6) is -0.462. The highest BCUT2D eigenvalue weighted by atomic mass is 35.5. The Labute approximate surface area is 178 Å². The number of rotatable bonds is 4. The Kier molecular flexibility index (Phi) is 6.20. The van der Waals surface area contributed by atoms with Crippen LogP contribution >= 0.6 is 11.6 Å². The van der Waals surface area contributed by atoms with Gasteiger partial charge < -0.3 is 19.9 Å². The van der Waals surface area contributed by atoms with Crippen LogP contribution in [0.2, 0.25) is 5.02 Å². The number of H-pyrrole nitrogens is 1. The summed E-state index contributed by atoms with van der Waals surface area (Å²) in [6, 6.07) is -0.0107. The first-order valence-electron chi connectivity index (χ1n) is 8.80. The van der Waals surface area contributed by atoms with Crippen LogP contribution in [0.4, 0.5) is 20.7 Å². The maximum atomic E-state index is 15.0. The molecule has 0 aliphatic carbocycles. The molecule has 0 spiro atoms. The van der Waals surface area contributed by atoms with E-state index in [4.69, 9.17) is 26.6 Å². The Morgan fingerprint density at radius 3 is 2.71 bits per heavy atom. The third kappa shape index (κ3) is 4.33. The molecule has 162 valence electrons. The van der Waals surface area contributed by atoms with E-state index in [1.165, 1.54) is 12.4 Å². The van der Waals surface area contributed by atoms with Crippen LogP contribution in [0.15, 0.2) is 24.8 Å². The standard InChI is InChI=1S/C17H15ClFN7O2.CH2O2/c1-7(2)22-16-14(19)13(18)12(8-3-21-25-15(8)16)9-5-26-6-10(24-17(27)28)23-11(26)4-20-9;2-1-3/h3-7,22,24H,1-2H3,(H,21,25)(H,27,28);1H,(H,2,3). The van der Waals surface area contributed by atoms with Crippen molar-refractivity contribution in [3.63, 3.8) is 0 Å². The highest BCUT2D eigenvalue weighted by Gasteiger charge is 2.22. The number of hydrogen-bond acceptors (Lipinski definition) is 6. The molecule has 0 aliphatic heterocycles. The minimum absolute atomic E-state index is 0.0107. The van der Waals surface area contributed by atoms with Crippen LogP contribution in [0.3, 0.4) is 0 Å². The molecule has 3 aromatic heterocycles. The van der Waals surface area contributed by atoms with E-state index in [-0.39, 0.29) is 29.0 Å². The van der Waals surface area contributed by atoms with Crippen molar-refractivity contribution in [1.29, 1.82) is 0 Å². The number of carboxylic acid groups (broad SMARTS) is 2. The Hall–Kier alpha value is -3.93. The number of nitrogens with one attached hydrogen (secondary N) is 3. The maximum absolute atomic E-state index is 15.0. The minimum Gasteiger partial charge on any atom is -0.483 e. The van der Waals surface area contributed by atoms with Gasteiger partial charge in [0, 0.05) is 23.2 Å². The van der Waals surface area contributed by atoms with Crippen LogP contribution in [-0.4, -0.2) is 53.4 Å². The smallest absolute Gasteiger partial charge is 0.410 e. The third-order valence-electron chi connectivity index (χ3n) is 4.06. The molecule has 0 bridgehead atoms. The number of nitrogens with zero attached hydrogens (tertiary/aromatic N) is 4. The number of hydrogen-bond donors (Lipinski definition) is 5. The molecular formula is C18H17ClFN7O4. The Morgan fingerprint density at radius 1 is 1.35 bits per heavy atom. The van der Waals surface area contributed by atoms with Crippen molar-refractivity contribution in [3.8, 4) is 11.3 Å². The molecule has 5 N–H and O–H groups in total. The predicted molar refractivity (Wildman–Crippen MR) is 112 cm³/mol. The summed E-state index contributed by atoms with van der Waals surface area (Å²) in [6.07, 6.45) is 4.86. The van der Waals surface area contributed by atoms with E-state index in [2.05, 4.69) is 30.8 Å². The molecule has 4 aromatic rings. The van der Waals surface area contributed by atoms with Crippen molar-refractivity contribution in [2.24, 2.45) is 0 Å². The van der Waals surface area contributed by atoms with Crippen molar-refractivity contribution in [1.82, 2.24) is 24.6 Å². The fraction of sp³-hybridized carbons (Fsp3) is 0.167. The normalized spacial score (nSPS) is 10.7. The molecule has 0 unspecified atom stereocenters. The Bertz CT molecular complexity index is 1270. The van der Waals surface area contributed by atoms with Crippen molar-refractivity contribution < 1.29 is 24.2 Å². The number of imidazole rings is 1. The summed E-state index contributed by atoms with van der Waals surface area (Å²) in [4.78, 5) is 27.6. The summed E-state index contributed by atoms with van der Waals surface area (Å²) < 4.78 is 16.6. The molecule has 3 heterocycles. The summed E-state index contributed by atoms with van der Waals surface area (Å²) >= 11 is 6.37.